The molecule has 2 nitrogen and oxygen atoms in total. The molecule has 0 spiro atoms. The maximum absolute atomic E-state index is 3.88. The molecule has 76 valence electrons. The number of likely N-dealkylation sites (N-methyl/N-ethyl adjacent to an activating group) is 1. The number of hydrogen-bond acceptors (Lipinski definition) is 2. The largest absolute Gasteiger partial charge is 0.311 e. The standard InChI is InChI=1S/C11H22N2/c1-4-13-7-5-6-11(13)9-12-8-10(2)3/h11-12H,2,4-9H2,1,3H3. The number of nitrogens with one attached hydrogen (secondary N) is 1. The minimum atomic E-state index is 0.768. The molecule has 13 heavy (non-hydrogen) atoms. The van der Waals surface area contributed by atoms with E-state index in [4.69, 9.17) is 0 Å². The van der Waals surface area contributed by atoms with Crippen LogP contribution in [0.25, 0.3) is 0 Å². The van der Waals surface area contributed by atoms with Gasteiger partial charge in [-0.05, 0) is 32.9 Å². The summed E-state index contributed by atoms with van der Waals surface area (Å²) in [6.07, 6.45) is 2.73. The lowest BCUT2D eigenvalue weighted by Crippen LogP contribution is -2.38. The molecule has 0 saturated carbocycles. The summed E-state index contributed by atoms with van der Waals surface area (Å²) in [5.41, 5.74) is 1.22. The molecule has 1 aliphatic heterocycles. The molecular weight excluding hydrogens is 160 g/mol. The van der Waals surface area contributed by atoms with Crippen LogP contribution in [0.1, 0.15) is 26.7 Å². The van der Waals surface area contributed by atoms with Crippen molar-refractivity contribution >= 4 is 0 Å². The predicted molar refractivity (Wildman–Crippen MR) is 58.0 cm³/mol. The number of likely N-dealkylation sites (tertiary alicyclic amines) is 1. The summed E-state index contributed by atoms with van der Waals surface area (Å²) in [7, 11) is 0. The van der Waals surface area contributed by atoms with Crippen molar-refractivity contribution in [3.05, 3.63) is 12.2 Å². The van der Waals surface area contributed by atoms with E-state index in [1.807, 2.05) is 0 Å². The molecular formula is C11H22N2. The van der Waals surface area contributed by atoms with Gasteiger partial charge >= 0.3 is 0 Å². The van der Waals surface area contributed by atoms with Crippen LogP contribution in [0.2, 0.25) is 0 Å². The first-order chi connectivity index (χ1) is 6.24. The molecule has 1 saturated heterocycles. The molecule has 0 amide bonds. The summed E-state index contributed by atoms with van der Waals surface area (Å²) in [6.45, 7) is 12.8. The lowest BCUT2D eigenvalue weighted by atomic mass is 10.2. The molecule has 0 aliphatic carbocycles. The SMILES string of the molecule is C=C(C)CNCC1CCCN1CC. The van der Waals surface area contributed by atoms with E-state index in [1.54, 1.807) is 0 Å². The molecule has 1 rings (SSSR count). The first kappa shape index (κ1) is 10.7. The minimum Gasteiger partial charge on any atom is -0.311 e. The Labute approximate surface area is 82.0 Å². The first-order valence-electron chi connectivity index (χ1n) is 5.33. The number of rotatable bonds is 5. The molecule has 0 radical (unpaired) electrons. The van der Waals surface area contributed by atoms with E-state index in [2.05, 4.69) is 30.6 Å². The highest BCUT2D eigenvalue weighted by atomic mass is 15.2. The maximum atomic E-state index is 3.88. The zero-order valence-electron chi connectivity index (χ0n) is 8.97. The predicted octanol–water partition coefficient (Wildman–Crippen LogP) is 1.64. The van der Waals surface area contributed by atoms with Crippen LogP contribution in [-0.4, -0.2) is 37.1 Å². The zero-order chi connectivity index (χ0) is 9.68. The van der Waals surface area contributed by atoms with Crippen molar-refractivity contribution in [3.63, 3.8) is 0 Å². The van der Waals surface area contributed by atoms with Gasteiger partial charge in [0.15, 0.2) is 0 Å². The van der Waals surface area contributed by atoms with E-state index < -0.39 is 0 Å². The van der Waals surface area contributed by atoms with Crippen molar-refractivity contribution in [2.45, 2.75) is 32.7 Å². The Bertz CT molecular complexity index is 165. The van der Waals surface area contributed by atoms with Crippen LogP contribution in [0, 0.1) is 0 Å². The van der Waals surface area contributed by atoms with Crippen LogP contribution in [0.5, 0.6) is 0 Å². The van der Waals surface area contributed by atoms with Crippen molar-refractivity contribution in [3.8, 4) is 0 Å². The maximum Gasteiger partial charge on any atom is 0.0221 e. The van der Waals surface area contributed by atoms with Crippen molar-refractivity contribution in [1.82, 2.24) is 10.2 Å². The molecule has 1 atom stereocenters. The topological polar surface area (TPSA) is 15.3 Å². The second-order valence-corrected chi connectivity index (χ2v) is 4.01. The van der Waals surface area contributed by atoms with Gasteiger partial charge in [-0.1, -0.05) is 19.1 Å². The van der Waals surface area contributed by atoms with Gasteiger partial charge in [0.1, 0.15) is 0 Å². The molecule has 0 aromatic carbocycles. The highest BCUT2D eigenvalue weighted by molar-refractivity contribution is 4.91. The van der Waals surface area contributed by atoms with Gasteiger partial charge in [0, 0.05) is 19.1 Å². The van der Waals surface area contributed by atoms with Gasteiger partial charge in [0.2, 0.25) is 0 Å². The Balaban J connectivity index is 2.16. The van der Waals surface area contributed by atoms with E-state index in [0.29, 0.717) is 0 Å². The smallest absolute Gasteiger partial charge is 0.0221 e. The van der Waals surface area contributed by atoms with E-state index in [0.717, 1.165) is 19.1 Å². The second-order valence-electron chi connectivity index (χ2n) is 4.01. The summed E-state index contributed by atoms with van der Waals surface area (Å²) in [5.74, 6) is 0. The first-order valence-corrected chi connectivity index (χ1v) is 5.33. The third kappa shape index (κ3) is 3.49. The Morgan fingerprint density at radius 1 is 1.62 bits per heavy atom. The zero-order valence-corrected chi connectivity index (χ0v) is 8.97. The molecule has 2 heteroatoms. The molecule has 1 aliphatic rings. The number of hydrogen-bond donors (Lipinski definition) is 1. The van der Waals surface area contributed by atoms with E-state index >= 15 is 0 Å². The van der Waals surface area contributed by atoms with Crippen LogP contribution in [0.15, 0.2) is 12.2 Å². The fraction of sp³-hybridized carbons (Fsp3) is 0.818. The Kier molecular flexibility index (Phi) is 4.46. The van der Waals surface area contributed by atoms with Gasteiger partial charge in [-0.15, -0.1) is 0 Å². The highest BCUT2D eigenvalue weighted by Crippen LogP contribution is 2.15. The fourth-order valence-electron chi connectivity index (χ4n) is 1.99. The molecule has 0 aromatic rings. The van der Waals surface area contributed by atoms with Crippen molar-refractivity contribution in [2.24, 2.45) is 0 Å². The Hall–Kier alpha value is -0.340. The van der Waals surface area contributed by atoms with Gasteiger partial charge in [-0.2, -0.15) is 0 Å². The van der Waals surface area contributed by atoms with Gasteiger partial charge < -0.3 is 5.32 Å². The Morgan fingerprint density at radius 3 is 3.00 bits per heavy atom. The average molecular weight is 182 g/mol. The summed E-state index contributed by atoms with van der Waals surface area (Å²) < 4.78 is 0. The van der Waals surface area contributed by atoms with Crippen LogP contribution in [0.3, 0.4) is 0 Å². The van der Waals surface area contributed by atoms with E-state index in [9.17, 15) is 0 Å². The Morgan fingerprint density at radius 2 is 2.38 bits per heavy atom. The molecule has 0 bridgehead atoms. The van der Waals surface area contributed by atoms with Crippen molar-refractivity contribution in [2.75, 3.05) is 26.2 Å². The quantitative estimate of drug-likeness (QED) is 0.650. The summed E-state index contributed by atoms with van der Waals surface area (Å²) in [4.78, 5) is 2.56. The van der Waals surface area contributed by atoms with Crippen LogP contribution in [-0.2, 0) is 0 Å². The third-order valence-electron chi connectivity index (χ3n) is 2.71. The monoisotopic (exact) mass is 182 g/mol. The average Bonchev–Trinajstić information content (AvgIpc) is 2.51. The third-order valence-corrected chi connectivity index (χ3v) is 2.71. The normalized spacial score (nSPS) is 23.7. The minimum absolute atomic E-state index is 0.768. The molecule has 0 aromatic heterocycles. The molecule has 1 fully saturated rings. The molecule has 1 unspecified atom stereocenters. The fourth-order valence-corrected chi connectivity index (χ4v) is 1.99. The highest BCUT2D eigenvalue weighted by Gasteiger charge is 2.21. The summed E-state index contributed by atoms with van der Waals surface area (Å²) in [5, 5.41) is 3.45. The van der Waals surface area contributed by atoms with Crippen LogP contribution in [0.4, 0.5) is 0 Å². The van der Waals surface area contributed by atoms with Gasteiger partial charge in [-0.3, -0.25) is 4.90 Å². The van der Waals surface area contributed by atoms with Crippen molar-refractivity contribution < 1.29 is 0 Å². The van der Waals surface area contributed by atoms with E-state index in [1.165, 1.54) is 31.5 Å². The van der Waals surface area contributed by atoms with Crippen molar-refractivity contribution in [1.29, 1.82) is 0 Å². The van der Waals surface area contributed by atoms with E-state index in [-0.39, 0.29) is 0 Å². The lowest BCUT2D eigenvalue weighted by Gasteiger charge is -2.22. The molecule has 1 heterocycles. The van der Waals surface area contributed by atoms with Crippen LogP contribution >= 0.6 is 0 Å². The van der Waals surface area contributed by atoms with Gasteiger partial charge in [0.05, 0.1) is 0 Å². The lowest BCUT2D eigenvalue weighted by molar-refractivity contribution is 0.262. The van der Waals surface area contributed by atoms with Gasteiger partial charge in [0.25, 0.3) is 0 Å². The molecule has 1 N–H and O–H groups in total. The van der Waals surface area contributed by atoms with Crippen LogP contribution < -0.4 is 5.32 Å². The number of nitrogens with zero attached hydrogens (tertiary/aromatic N) is 1. The van der Waals surface area contributed by atoms with Gasteiger partial charge in [-0.25, -0.2) is 0 Å². The second kappa shape index (κ2) is 5.40. The summed E-state index contributed by atoms with van der Waals surface area (Å²) >= 11 is 0. The summed E-state index contributed by atoms with van der Waals surface area (Å²) in [6, 6.07) is 0.768.